The number of hydrogen-bond acceptors (Lipinski definition) is 3. The Morgan fingerprint density at radius 2 is 2.00 bits per heavy atom. The molecule has 0 N–H and O–H groups in total. The average Bonchev–Trinajstić information content (AvgIpc) is 1.86. The second kappa shape index (κ2) is 3.51. The summed E-state index contributed by atoms with van der Waals surface area (Å²) in [5.74, 6) is 0. The molecule has 0 bridgehead atoms. The zero-order chi connectivity index (χ0) is 9.12. The third-order valence-corrected chi connectivity index (χ3v) is 1.54. The quantitative estimate of drug-likeness (QED) is 0.511. The maximum absolute atomic E-state index is 12.0. The van der Waals surface area contributed by atoms with Gasteiger partial charge in [-0.05, 0) is 0 Å². The van der Waals surface area contributed by atoms with Gasteiger partial charge in [-0.25, -0.2) is 13.5 Å². The predicted octanol–water partition coefficient (Wildman–Crippen LogP) is 2.29. The van der Waals surface area contributed by atoms with Crippen LogP contribution in [0.3, 0.4) is 0 Å². The summed E-state index contributed by atoms with van der Waals surface area (Å²) in [4.78, 5) is 0. The molecule has 11 heavy (non-hydrogen) atoms. The van der Waals surface area contributed by atoms with Gasteiger partial charge in [-0.15, -0.1) is 4.20 Å². The second-order valence-corrected chi connectivity index (χ2v) is 2.88. The Labute approximate surface area is 59.9 Å². The third-order valence-electron chi connectivity index (χ3n) is 0.616. The summed E-state index contributed by atoms with van der Waals surface area (Å²) in [6.07, 6.45) is -4.40. The van der Waals surface area contributed by atoms with Crippen LogP contribution < -0.4 is 0 Å². The SMILES string of the molecule is COP(=O)(F)OC(F)(F)CF. The largest absolute Gasteiger partial charge is 0.517 e. The van der Waals surface area contributed by atoms with Crippen molar-refractivity contribution >= 4 is 7.91 Å². The smallest absolute Gasteiger partial charge is 0.287 e. The van der Waals surface area contributed by atoms with E-state index in [0.29, 0.717) is 7.11 Å². The summed E-state index contributed by atoms with van der Waals surface area (Å²) < 4.78 is 63.0. The molecule has 0 rings (SSSR count). The molecule has 0 heterocycles. The van der Waals surface area contributed by atoms with Crippen molar-refractivity contribution in [3.05, 3.63) is 0 Å². The first-order valence-electron chi connectivity index (χ1n) is 2.33. The van der Waals surface area contributed by atoms with Gasteiger partial charge in [-0.2, -0.15) is 8.78 Å². The van der Waals surface area contributed by atoms with Gasteiger partial charge in [0.15, 0.2) is 6.67 Å². The fraction of sp³-hybridized carbons (Fsp3) is 1.00. The van der Waals surface area contributed by atoms with Crippen molar-refractivity contribution in [2.24, 2.45) is 0 Å². The van der Waals surface area contributed by atoms with Crippen molar-refractivity contribution in [3.63, 3.8) is 0 Å². The summed E-state index contributed by atoms with van der Waals surface area (Å²) in [6.45, 7) is -2.26. The molecule has 0 aliphatic heterocycles. The topological polar surface area (TPSA) is 35.5 Å². The first-order chi connectivity index (χ1) is 4.83. The van der Waals surface area contributed by atoms with Crippen LogP contribution in [-0.4, -0.2) is 19.9 Å². The van der Waals surface area contributed by atoms with E-state index in [4.69, 9.17) is 0 Å². The van der Waals surface area contributed by atoms with E-state index in [1.54, 1.807) is 0 Å². The van der Waals surface area contributed by atoms with Crippen LogP contribution >= 0.6 is 7.91 Å². The van der Waals surface area contributed by atoms with E-state index in [-0.39, 0.29) is 0 Å². The van der Waals surface area contributed by atoms with Gasteiger partial charge in [-0.1, -0.05) is 0 Å². The molecule has 0 radical (unpaired) electrons. The zero-order valence-corrected chi connectivity index (χ0v) is 6.29. The van der Waals surface area contributed by atoms with Gasteiger partial charge in [0, 0.05) is 7.11 Å². The van der Waals surface area contributed by atoms with E-state index in [2.05, 4.69) is 9.05 Å². The zero-order valence-electron chi connectivity index (χ0n) is 5.39. The minimum absolute atomic E-state index is 0.565. The lowest BCUT2D eigenvalue weighted by Crippen LogP contribution is -2.21. The van der Waals surface area contributed by atoms with Crippen LogP contribution in [0, 0.1) is 0 Å². The summed E-state index contributed by atoms with van der Waals surface area (Å²) >= 11 is 0. The lowest BCUT2D eigenvalue weighted by atomic mass is 10.7. The van der Waals surface area contributed by atoms with E-state index >= 15 is 0 Å². The minimum atomic E-state index is -5.30. The van der Waals surface area contributed by atoms with Crippen LogP contribution in [0.25, 0.3) is 0 Å². The Kier molecular flexibility index (Phi) is 3.47. The summed E-state index contributed by atoms with van der Waals surface area (Å²) in [5, 5.41) is 0. The monoisotopic (exact) mass is 196 g/mol. The molecule has 0 saturated carbocycles. The van der Waals surface area contributed by atoms with Crippen LogP contribution in [-0.2, 0) is 13.6 Å². The first kappa shape index (κ1) is 10.9. The fourth-order valence-electron chi connectivity index (χ4n) is 0.221. The summed E-state index contributed by atoms with van der Waals surface area (Å²) in [7, 11) is -4.74. The van der Waals surface area contributed by atoms with Crippen molar-refractivity contribution in [1.29, 1.82) is 0 Å². The highest BCUT2D eigenvalue weighted by Gasteiger charge is 2.41. The van der Waals surface area contributed by atoms with E-state index in [9.17, 15) is 21.9 Å². The maximum Gasteiger partial charge on any atom is 0.517 e. The second-order valence-electron chi connectivity index (χ2n) is 1.48. The van der Waals surface area contributed by atoms with Crippen molar-refractivity contribution in [2.45, 2.75) is 6.11 Å². The van der Waals surface area contributed by atoms with Gasteiger partial charge in [0.25, 0.3) is 0 Å². The average molecular weight is 196 g/mol. The van der Waals surface area contributed by atoms with Gasteiger partial charge in [0.05, 0.1) is 0 Å². The van der Waals surface area contributed by atoms with Crippen molar-refractivity contribution in [1.82, 2.24) is 0 Å². The molecule has 0 aliphatic rings. The normalized spacial score (nSPS) is 17.9. The molecule has 68 valence electrons. The Morgan fingerprint density at radius 1 is 1.55 bits per heavy atom. The van der Waals surface area contributed by atoms with Crippen LogP contribution in [0.15, 0.2) is 0 Å². The van der Waals surface area contributed by atoms with E-state index in [0.717, 1.165) is 0 Å². The lowest BCUT2D eigenvalue weighted by molar-refractivity contribution is -0.194. The number of halogens is 4. The van der Waals surface area contributed by atoms with Crippen molar-refractivity contribution in [3.8, 4) is 0 Å². The predicted molar refractivity (Wildman–Crippen MR) is 27.7 cm³/mol. The Hall–Kier alpha value is -0.130. The van der Waals surface area contributed by atoms with Crippen LogP contribution in [0.1, 0.15) is 0 Å². The summed E-state index contributed by atoms with van der Waals surface area (Å²) in [6, 6.07) is 0. The Bertz CT molecular complexity index is 172. The number of alkyl halides is 3. The molecule has 0 spiro atoms. The highest BCUT2D eigenvalue weighted by molar-refractivity contribution is 7.48. The maximum atomic E-state index is 12.0. The highest BCUT2D eigenvalue weighted by Crippen LogP contribution is 2.53. The molecule has 1 unspecified atom stereocenters. The first-order valence-corrected chi connectivity index (χ1v) is 3.76. The van der Waals surface area contributed by atoms with E-state index < -0.39 is 20.7 Å². The molecule has 0 amide bonds. The Morgan fingerprint density at radius 3 is 2.27 bits per heavy atom. The molecule has 8 heteroatoms. The van der Waals surface area contributed by atoms with Gasteiger partial charge in [0.2, 0.25) is 0 Å². The van der Waals surface area contributed by atoms with Gasteiger partial charge >= 0.3 is 14.0 Å². The number of hydrogen-bond donors (Lipinski definition) is 0. The Balaban J connectivity index is 4.14. The highest BCUT2D eigenvalue weighted by atomic mass is 31.2. The minimum Gasteiger partial charge on any atom is -0.287 e. The molecule has 0 saturated heterocycles. The molecule has 3 nitrogen and oxygen atoms in total. The third kappa shape index (κ3) is 4.34. The lowest BCUT2D eigenvalue weighted by Gasteiger charge is -2.13. The molecule has 0 aliphatic carbocycles. The molecule has 1 atom stereocenters. The molecular formula is C3H5F4O3P. The van der Waals surface area contributed by atoms with Gasteiger partial charge in [0.1, 0.15) is 0 Å². The van der Waals surface area contributed by atoms with E-state index in [1.165, 1.54) is 0 Å². The van der Waals surface area contributed by atoms with Crippen LogP contribution in [0.4, 0.5) is 17.4 Å². The fourth-order valence-corrected chi connectivity index (χ4v) is 0.664. The molecular weight excluding hydrogens is 191 g/mol. The van der Waals surface area contributed by atoms with Crippen molar-refractivity contribution < 1.29 is 31.0 Å². The molecule has 0 fully saturated rings. The van der Waals surface area contributed by atoms with Crippen molar-refractivity contribution in [2.75, 3.05) is 13.8 Å². The summed E-state index contributed by atoms with van der Waals surface area (Å²) in [5.41, 5.74) is 0. The van der Waals surface area contributed by atoms with E-state index in [1.807, 2.05) is 0 Å². The standard InChI is InChI=1S/C3H5F4O3P/c1-9-11(7,8)10-3(5,6)2-4/h2H2,1H3. The molecule has 0 aromatic heterocycles. The molecule has 0 aromatic rings. The van der Waals surface area contributed by atoms with Crippen LogP contribution in [0.2, 0.25) is 0 Å². The van der Waals surface area contributed by atoms with Crippen LogP contribution in [0.5, 0.6) is 0 Å². The number of rotatable bonds is 4. The van der Waals surface area contributed by atoms with Gasteiger partial charge < -0.3 is 0 Å². The van der Waals surface area contributed by atoms with Gasteiger partial charge in [-0.3, -0.25) is 4.52 Å². The molecule has 0 aromatic carbocycles.